The third kappa shape index (κ3) is 5.48. The van der Waals surface area contributed by atoms with Crippen LogP contribution >= 0.6 is 0 Å². The van der Waals surface area contributed by atoms with E-state index in [1.807, 2.05) is 0 Å². The molecule has 1 aromatic carbocycles. The predicted molar refractivity (Wildman–Crippen MR) is 70.7 cm³/mol. The average molecular weight is 249 g/mol. The molecule has 4 heteroatoms. The van der Waals surface area contributed by atoms with Gasteiger partial charge in [0.2, 0.25) is 5.91 Å². The van der Waals surface area contributed by atoms with Gasteiger partial charge in [0.05, 0.1) is 13.0 Å². The second-order valence-corrected chi connectivity index (χ2v) is 4.66. The third-order valence-electron chi connectivity index (χ3n) is 2.13. The summed E-state index contributed by atoms with van der Waals surface area (Å²) in [6.07, 6.45) is -0.0917. The summed E-state index contributed by atoms with van der Waals surface area (Å²) in [5.74, 6) is 0.802. The van der Waals surface area contributed by atoms with E-state index in [4.69, 9.17) is 4.74 Å². The van der Waals surface area contributed by atoms with Crippen molar-refractivity contribution in [1.82, 2.24) is 0 Å². The predicted octanol–water partition coefficient (Wildman–Crippen LogP) is 2.64. The minimum absolute atomic E-state index is 0.0917. The molecule has 0 aliphatic carbocycles. The van der Waals surface area contributed by atoms with Gasteiger partial charge >= 0.3 is 0 Å². The number of anilines is 1. The van der Waals surface area contributed by atoms with Crippen molar-refractivity contribution in [3.05, 3.63) is 24.3 Å². The summed E-state index contributed by atoms with van der Waals surface area (Å²) in [6, 6.07) is 7.11. The number of amides is 1. The van der Waals surface area contributed by atoms with Gasteiger partial charge in [0.25, 0.3) is 0 Å². The second kappa shape index (κ2) is 6.79. The van der Waals surface area contributed by atoms with Crippen LogP contribution in [-0.2, 0) is 9.59 Å². The van der Waals surface area contributed by atoms with Crippen LogP contribution in [0.2, 0.25) is 0 Å². The van der Waals surface area contributed by atoms with Crippen molar-refractivity contribution in [3.8, 4) is 5.75 Å². The Balaban J connectivity index is 2.49. The fourth-order valence-corrected chi connectivity index (χ4v) is 1.33. The summed E-state index contributed by atoms with van der Waals surface area (Å²) in [6.45, 7) is 6.21. The summed E-state index contributed by atoms with van der Waals surface area (Å²) in [5, 5.41) is 2.65. The van der Waals surface area contributed by atoms with Crippen LogP contribution in [0.5, 0.6) is 5.75 Å². The normalized spacial score (nSPS) is 10.2. The first-order chi connectivity index (χ1) is 8.47. The van der Waals surface area contributed by atoms with Crippen LogP contribution < -0.4 is 10.1 Å². The van der Waals surface area contributed by atoms with Gasteiger partial charge in [0, 0.05) is 5.69 Å². The minimum atomic E-state index is -0.293. The molecule has 0 radical (unpaired) electrons. The lowest BCUT2D eigenvalue weighted by Gasteiger charge is -2.09. The maximum absolute atomic E-state index is 11.4. The number of carbonyl (C=O) groups is 2. The highest BCUT2D eigenvalue weighted by Gasteiger charge is 2.05. The Labute approximate surface area is 107 Å². The highest BCUT2D eigenvalue weighted by atomic mass is 16.5. The molecule has 1 amide bonds. The molecule has 0 spiro atoms. The topological polar surface area (TPSA) is 55.4 Å². The lowest BCUT2D eigenvalue weighted by molar-refractivity contribution is -0.124. The Kier molecular flexibility index (Phi) is 5.36. The van der Waals surface area contributed by atoms with Crippen molar-refractivity contribution in [2.75, 3.05) is 11.9 Å². The van der Waals surface area contributed by atoms with Crippen LogP contribution in [0.3, 0.4) is 0 Å². The van der Waals surface area contributed by atoms with Crippen molar-refractivity contribution in [1.29, 1.82) is 0 Å². The Morgan fingerprint density at radius 2 is 1.83 bits per heavy atom. The van der Waals surface area contributed by atoms with Gasteiger partial charge in [0.1, 0.15) is 11.5 Å². The molecule has 0 aliphatic rings. The minimum Gasteiger partial charge on any atom is -0.493 e. The van der Waals surface area contributed by atoms with Crippen molar-refractivity contribution in [2.45, 2.75) is 27.2 Å². The molecular formula is C14H19NO3. The zero-order valence-corrected chi connectivity index (χ0v) is 11.0. The van der Waals surface area contributed by atoms with E-state index in [1.165, 1.54) is 6.92 Å². The third-order valence-corrected chi connectivity index (χ3v) is 2.13. The van der Waals surface area contributed by atoms with E-state index >= 15 is 0 Å². The second-order valence-electron chi connectivity index (χ2n) is 4.66. The van der Waals surface area contributed by atoms with Gasteiger partial charge < -0.3 is 10.1 Å². The Morgan fingerprint density at radius 3 is 2.33 bits per heavy atom. The number of rotatable bonds is 6. The van der Waals surface area contributed by atoms with E-state index in [0.29, 0.717) is 18.2 Å². The lowest BCUT2D eigenvalue weighted by atomic mass is 10.2. The first-order valence-electron chi connectivity index (χ1n) is 5.99. The molecule has 0 bridgehead atoms. The van der Waals surface area contributed by atoms with E-state index < -0.39 is 0 Å². The monoisotopic (exact) mass is 249 g/mol. The molecule has 0 saturated heterocycles. The van der Waals surface area contributed by atoms with Gasteiger partial charge in [0.15, 0.2) is 0 Å². The van der Waals surface area contributed by atoms with Crippen LogP contribution in [0.25, 0.3) is 0 Å². The number of hydrogen-bond acceptors (Lipinski definition) is 3. The first kappa shape index (κ1) is 14.2. The molecule has 0 aliphatic heterocycles. The molecule has 1 aromatic rings. The summed E-state index contributed by atoms with van der Waals surface area (Å²) in [4.78, 5) is 22.1. The van der Waals surface area contributed by atoms with Crippen LogP contribution in [0.15, 0.2) is 24.3 Å². The lowest BCUT2D eigenvalue weighted by Crippen LogP contribution is -2.14. The standard InChI is InChI=1S/C14H19NO3/c1-10(2)9-18-13-6-4-12(5-7-13)15-14(17)8-11(3)16/h4-7,10H,8-9H2,1-3H3,(H,15,17). The number of hydrogen-bond donors (Lipinski definition) is 1. The zero-order valence-electron chi connectivity index (χ0n) is 11.0. The fraction of sp³-hybridized carbons (Fsp3) is 0.429. The number of nitrogens with one attached hydrogen (secondary N) is 1. The molecule has 0 aromatic heterocycles. The molecule has 1 N–H and O–H groups in total. The van der Waals surface area contributed by atoms with E-state index in [1.54, 1.807) is 24.3 Å². The summed E-state index contributed by atoms with van der Waals surface area (Å²) in [5.41, 5.74) is 0.665. The van der Waals surface area contributed by atoms with Crippen molar-refractivity contribution in [2.24, 2.45) is 5.92 Å². The molecule has 98 valence electrons. The summed E-state index contributed by atoms with van der Waals surface area (Å²) >= 11 is 0. The van der Waals surface area contributed by atoms with Gasteiger partial charge in [-0.1, -0.05) is 13.8 Å². The smallest absolute Gasteiger partial charge is 0.231 e. The van der Waals surface area contributed by atoms with Gasteiger partial charge in [-0.15, -0.1) is 0 Å². The van der Waals surface area contributed by atoms with Crippen LogP contribution in [-0.4, -0.2) is 18.3 Å². The summed E-state index contributed by atoms with van der Waals surface area (Å²) < 4.78 is 5.53. The van der Waals surface area contributed by atoms with Crippen LogP contribution in [0.1, 0.15) is 27.2 Å². The van der Waals surface area contributed by atoms with E-state index in [0.717, 1.165) is 5.75 Å². The summed E-state index contributed by atoms with van der Waals surface area (Å²) in [7, 11) is 0. The molecule has 1 rings (SSSR count). The van der Waals surface area contributed by atoms with Crippen molar-refractivity contribution in [3.63, 3.8) is 0 Å². The molecule has 0 saturated carbocycles. The average Bonchev–Trinajstić information content (AvgIpc) is 2.26. The number of carbonyl (C=O) groups excluding carboxylic acids is 2. The fourth-order valence-electron chi connectivity index (χ4n) is 1.33. The number of ketones is 1. The van der Waals surface area contributed by atoms with E-state index in [2.05, 4.69) is 19.2 Å². The molecule has 0 fully saturated rings. The SMILES string of the molecule is CC(=O)CC(=O)Nc1ccc(OCC(C)C)cc1. The molecule has 18 heavy (non-hydrogen) atoms. The number of benzene rings is 1. The highest BCUT2D eigenvalue weighted by molar-refractivity contribution is 6.03. The van der Waals surface area contributed by atoms with Gasteiger partial charge in [-0.05, 0) is 37.1 Å². The maximum Gasteiger partial charge on any atom is 0.231 e. The molecule has 0 heterocycles. The number of ether oxygens (including phenoxy) is 1. The Bertz CT molecular complexity index is 410. The molecular weight excluding hydrogens is 230 g/mol. The van der Waals surface area contributed by atoms with Gasteiger partial charge in [-0.3, -0.25) is 9.59 Å². The van der Waals surface area contributed by atoms with Gasteiger partial charge in [-0.25, -0.2) is 0 Å². The van der Waals surface area contributed by atoms with Crippen molar-refractivity contribution < 1.29 is 14.3 Å². The maximum atomic E-state index is 11.4. The molecule has 0 atom stereocenters. The zero-order chi connectivity index (χ0) is 13.5. The van der Waals surface area contributed by atoms with E-state index in [-0.39, 0.29) is 18.1 Å². The highest BCUT2D eigenvalue weighted by Crippen LogP contribution is 2.16. The number of Topliss-reactive ketones (excluding diaryl/α,β-unsaturated/α-hetero) is 1. The molecule has 4 nitrogen and oxygen atoms in total. The largest absolute Gasteiger partial charge is 0.493 e. The van der Waals surface area contributed by atoms with Crippen molar-refractivity contribution >= 4 is 17.4 Å². The molecule has 0 unspecified atom stereocenters. The quantitative estimate of drug-likeness (QED) is 0.788. The van der Waals surface area contributed by atoms with E-state index in [9.17, 15) is 9.59 Å². The first-order valence-corrected chi connectivity index (χ1v) is 5.99. The van der Waals surface area contributed by atoms with Crippen LogP contribution in [0, 0.1) is 5.92 Å². The Hall–Kier alpha value is -1.84. The Morgan fingerprint density at radius 1 is 1.22 bits per heavy atom. The van der Waals surface area contributed by atoms with Crippen LogP contribution in [0.4, 0.5) is 5.69 Å². The van der Waals surface area contributed by atoms with Gasteiger partial charge in [-0.2, -0.15) is 0 Å².